The van der Waals surface area contributed by atoms with Gasteiger partial charge >= 0.3 is 0 Å². The molecule has 0 radical (unpaired) electrons. The largest absolute Gasteiger partial charge is 0.348 e. The molecular formula is C21H22N6O. The van der Waals surface area contributed by atoms with Crippen molar-refractivity contribution in [2.24, 2.45) is 0 Å². The van der Waals surface area contributed by atoms with Crippen molar-refractivity contribution < 1.29 is 4.79 Å². The van der Waals surface area contributed by atoms with Crippen molar-refractivity contribution >= 4 is 16.9 Å². The third kappa shape index (κ3) is 4.44. The monoisotopic (exact) mass is 374 g/mol. The third-order valence-electron chi connectivity index (χ3n) is 4.44. The number of para-hydroxylation sites is 2. The minimum atomic E-state index is -0.120. The number of carbonyl (C=O) groups excluding carboxylic acids is 1. The smallest absolute Gasteiger partial charge is 0.254 e. The van der Waals surface area contributed by atoms with Crippen molar-refractivity contribution in [3.8, 4) is 0 Å². The molecule has 4 aromatic rings. The average Bonchev–Trinajstić information content (AvgIpc) is 3.37. The van der Waals surface area contributed by atoms with Gasteiger partial charge in [-0.3, -0.25) is 9.48 Å². The molecule has 0 aliphatic heterocycles. The number of amides is 1. The fraction of sp³-hybridized carbons (Fsp3) is 0.190. The fourth-order valence-electron chi connectivity index (χ4n) is 2.97. The molecule has 0 saturated carbocycles. The van der Waals surface area contributed by atoms with E-state index in [9.17, 15) is 4.79 Å². The molecule has 0 aliphatic carbocycles. The van der Waals surface area contributed by atoms with Crippen LogP contribution >= 0.6 is 0 Å². The Labute approximate surface area is 162 Å². The second-order valence-corrected chi connectivity index (χ2v) is 6.54. The highest BCUT2D eigenvalue weighted by atomic mass is 16.1. The highest BCUT2D eigenvalue weighted by Crippen LogP contribution is 2.09. The van der Waals surface area contributed by atoms with E-state index in [2.05, 4.69) is 25.7 Å². The van der Waals surface area contributed by atoms with E-state index in [-0.39, 0.29) is 5.91 Å². The number of nitrogens with zero attached hydrogens (tertiary/aromatic N) is 3. The van der Waals surface area contributed by atoms with Gasteiger partial charge in [-0.15, -0.1) is 0 Å². The summed E-state index contributed by atoms with van der Waals surface area (Å²) in [4.78, 5) is 20.1. The first-order valence-corrected chi connectivity index (χ1v) is 9.27. The van der Waals surface area contributed by atoms with Crippen LogP contribution in [-0.4, -0.2) is 32.2 Å². The predicted octanol–water partition coefficient (Wildman–Crippen LogP) is 2.48. The van der Waals surface area contributed by atoms with Gasteiger partial charge in [-0.1, -0.05) is 42.5 Å². The molecular weight excluding hydrogens is 352 g/mol. The number of H-pyrrole nitrogens is 1. The summed E-state index contributed by atoms with van der Waals surface area (Å²) in [6.45, 7) is 2.56. The highest BCUT2D eigenvalue weighted by Gasteiger charge is 2.08. The zero-order valence-electron chi connectivity index (χ0n) is 15.4. The molecule has 142 valence electrons. The molecule has 0 atom stereocenters. The molecule has 7 nitrogen and oxygen atoms in total. The van der Waals surface area contributed by atoms with Crippen molar-refractivity contribution in [3.63, 3.8) is 0 Å². The van der Waals surface area contributed by atoms with E-state index in [0.29, 0.717) is 25.2 Å². The maximum Gasteiger partial charge on any atom is 0.254 e. The molecule has 2 aromatic heterocycles. The van der Waals surface area contributed by atoms with E-state index < -0.39 is 0 Å². The van der Waals surface area contributed by atoms with Gasteiger partial charge in [0.25, 0.3) is 5.91 Å². The number of aromatic nitrogens is 4. The summed E-state index contributed by atoms with van der Waals surface area (Å²) < 4.78 is 1.77. The van der Waals surface area contributed by atoms with Gasteiger partial charge in [0.2, 0.25) is 0 Å². The number of imidazole rings is 1. The van der Waals surface area contributed by atoms with E-state index in [1.807, 2.05) is 54.6 Å². The number of hydrogen-bond donors (Lipinski definition) is 3. The van der Waals surface area contributed by atoms with Crippen LogP contribution in [0.2, 0.25) is 0 Å². The van der Waals surface area contributed by atoms with Crippen molar-refractivity contribution in [3.05, 3.63) is 83.9 Å². The highest BCUT2D eigenvalue weighted by molar-refractivity contribution is 5.93. The molecule has 4 rings (SSSR count). The van der Waals surface area contributed by atoms with E-state index in [4.69, 9.17) is 0 Å². The fourth-order valence-corrected chi connectivity index (χ4v) is 2.97. The van der Waals surface area contributed by atoms with E-state index in [0.717, 1.165) is 29.0 Å². The first-order chi connectivity index (χ1) is 13.8. The predicted molar refractivity (Wildman–Crippen MR) is 108 cm³/mol. The Morgan fingerprint density at radius 3 is 2.71 bits per heavy atom. The normalized spacial score (nSPS) is 11.0. The van der Waals surface area contributed by atoms with Gasteiger partial charge in [0.05, 0.1) is 35.9 Å². The first kappa shape index (κ1) is 17.9. The minimum Gasteiger partial charge on any atom is -0.348 e. The van der Waals surface area contributed by atoms with Crippen LogP contribution in [0, 0.1) is 0 Å². The minimum absolute atomic E-state index is 0.120. The van der Waals surface area contributed by atoms with Gasteiger partial charge in [0.15, 0.2) is 0 Å². The number of aromatic amines is 1. The van der Waals surface area contributed by atoms with Gasteiger partial charge in [-0.2, -0.15) is 5.10 Å². The summed E-state index contributed by atoms with van der Waals surface area (Å²) in [6, 6.07) is 17.8. The van der Waals surface area contributed by atoms with Crippen LogP contribution in [0.3, 0.4) is 0 Å². The summed E-state index contributed by atoms with van der Waals surface area (Å²) in [5.41, 5.74) is 3.64. The van der Waals surface area contributed by atoms with Crippen LogP contribution in [0.25, 0.3) is 11.0 Å². The SMILES string of the molecule is O=C(NCc1ccccc1)c1cnn(CCNCc2nc3ccccc3[nH]2)c1. The molecule has 0 aliphatic rings. The zero-order valence-corrected chi connectivity index (χ0v) is 15.4. The lowest BCUT2D eigenvalue weighted by atomic mass is 10.2. The Morgan fingerprint density at radius 1 is 1.04 bits per heavy atom. The van der Waals surface area contributed by atoms with Crippen LogP contribution in [0.15, 0.2) is 67.0 Å². The summed E-state index contributed by atoms with van der Waals surface area (Å²) in [5, 5.41) is 10.5. The number of benzene rings is 2. The van der Waals surface area contributed by atoms with Crippen LogP contribution in [0.1, 0.15) is 21.7 Å². The third-order valence-corrected chi connectivity index (χ3v) is 4.44. The van der Waals surface area contributed by atoms with Crippen LogP contribution in [0.5, 0.6) is 0 Å². The van der Waals surface area contributed by atoms with Crippen molar-refractivity contribution in [1.82, 2.24) is 30.4 Å². The lowest BCUT2D eigenvalue weighted by Crippen LogP contribution is -2.22. The van der Waals surface area contributed by atoms with E-state index >= 15 is 0 Å². The van der Waals surface area contributed by atoms with Crippen LogP contribution in [0.4, 0.5) is 0 Å². The van der Waals surface area contributed by atoms with Crippen LogP contribution in [-0.2, 0) is 19.6 Å². The topological polar surface area (TPSA) is 87.6 Å². The molecule has 2 heterocycles. The number of carbonyl (C=O) groups is 1. The molecule has 0 spiro atoms. The van der Waals surface area contributed by atoms with Crippen molar-refractivity contribution in [1.29, 1.82) is 0 Å². The Kier molecular flexibility index (Phi) is 5.44. The van der Waals surface area contributed by atoms with Crippen molar-refractivity contribution in [2.45, 2.75) is 19.6 Å². The maximum absolute atomic E-state index is 12.2. The number of nitrogens with one attached hydrogen (secondary N) is 3. The molecule has 7 heteroatoms. The molecule has 0 unspecified atom stereocenters. The van der Waals surface area contributed by atoms with Gasteiger partial charge < -0.3 is 15.6 Å². The summed E-state index contributed by atoms with van der Waals surface area (Å²) in [7, 11) is 0. The van der Waals surface area contributed by atoms with Crippen molar-refractivity contribution in [2.75, 3.05) is 6.54 Å². The lowest BCUT2D eigenvalue weighted by molar-refractivity contribution is 0.0951. The van der Waals surface area contributed by atoms with Gasteiger partial charge in [-0.25, -0.2) is 4.98 Å². The lowest BCUT2D eigenvalue weighted by Gasteiger charge is -2.04. The molecule has 0 saturated heterocycles. The Morgan fingerprint density at radius 2 is 1.86 bits per heavy atom. The zero-order chi connectivity index (χ0) is 19.2. The quantitative estimate of drug-likeness (QED) is 0.414. The number of rotatable bonds is 8. The first-order valence-electron chi connectivity index (χ1n) is 9.27. The van der Waals surface area contributed by atoms with Gasteiger partial charge in [0.1, 0.15) is 5.82 Å². The standard InChI is InChI=1S/C21H22N6O/c28-21(23-12-16-6-2-1-3-7-16)17-13-24-27(15-17)11-10-22-14-20-25-18-8-4-5-9-19(18)26-20/h1-9,13,15,22H,10-12,14H2,(H,23,28)(H,25,26). The molecule has 0 fully saturated rings. The molecule has 2 aromatic carbocycles. The van der Waals surface area contributed by atoms with Gasteiger partial charge in [0, 0.05) is 19.3 Å². The summed E-state index contributed by atoms with van der Waals surface area (Å²) >= 11 is 0. The average molecular weight is 374 g/mol. The second-order valence-electron chi connectivity index (χ2n) is 6.54. The maximum atomic E-state index is 12.2. The van der Waals surface area contributed by atoms with Gasteiger partial charge in [-0.05, 0) is 17.7 Å². The molecule has 1 amide bonds. The summed E-state index contributed by atoms with van der Waals surface area (Å²) in [6.07, 6.45) is 3.36. The van der Waals surface area contributed by atoms with E-state index in [1.165, 1.54) is 0 Å². The Hall–Kier alpha value is -3.45. The number of hydrogen-bond acceptors (Lipinski definition) is 4. The molecule has 28 heavy (non-hydrogen) atoms. The molecule has 0 bridgehead atoms. The van der Waals surface area contributed by atoms with E-state index in [1.54, 1.807) is 17.1 Å². The summed E-state index contributed by atoms with van der Waals surface area (Å²) in [5.74, 6) is 0.785. The Balaban J connectivity index is 1.22. The van der Waals surface area contributed by atoms with Crippen LogP contribution < -0.4 is 10.6 Å². The molecule has 3 N–H and O–H groups in total. The Bertz CT molecular complexity index is 1020. The second kappa shape index (κ2) is 8.49. The number of fused-ring (bicyclic) bond motifs is 1.